The quantitative estimate of drug-likeness (QED) is 0.691. The van der Waals surface area contributed by atoms with Crippen LogP contribution in [0.5, 0.6) is 0 Å². The summed E-state index contributed by atoms with van der Waals surface area (Å²) in [5.74, 6) is -0.0500. The van der Waals surface area contributed by atoms with Crippen molar-refractivity contribution in [1.82, 2.24) is 15.1 Å². The van der Waals surface area contributed by atoms with Crippen molar-refractivity contribution in [3.8, 4) is 0 Å². The number of hydrogen-bond donors (Lipinski definition) is 1. The van der Waals surface area contributed by atoms with Crippen LogP contribution in [-0.4, -0.2) is 21.7 Å². The van der Waals surface area contributed by atoms with Crippen LogP contribution in [0.15, 0.2) is 24.4 Å². The lowest BCUT2D eigenvalue weighted by molar-refractivity contribution is -0.137. The lowest BCUT2D eigenvalue weighted by Gasteiger charge is -2.29. The molecular weight excluding hydrogens is 415 g/mol. The van der Waals surface area contributed by atoms with E-state index in [9.17, 15) is 18.0 Å². The van der Waals surface area contributed by atoms with Crippen molar-refractivity contribution in [2.75, 3.05) is 0 Å². The van der Waals surface area contributed by atoms with Crippen LogP contribution in [0.4, 0.5) is 13.2 Å². The highest BCUT2D eigenvalue weighted by Gasteiger charge is 2.32. The summed E-state index contributed by atoms with van der Waals surface area (Å²) in [6, 6.07) is 2.78. The molecule has 2 aromatic rings. The van der Waals surface area contributed by atoms with Crippen molar-refractivity contribution in [3.05, 3.63) is 51.8 Å². The maximum Gasteiger partial charge on any atom is 0.416 e. The summed E-state index contributed by atoms with van der Waals surface area (Å²) >= 11 is 5.98. The number of alkyl halides is 3. The largest absolute Gasteiger partial charge is 0.416 e. The van der Waals surface area contributed by atoms with Gasteiger partial charge in [0.25, 0.3) is 5.91 Å². The van der Waals surface area contributed by atoms with Crippen LogP contribution >= 0.6 is 11.6 Å². The average molecular weight is 440 g/mol. The van der Waals surface area contributed by atoms with E-state index in [1.54, 1.807) is 0 Å². The van der Waals surface area contributed by atoms with Crippen molar-refractivity contribution >= 4 is 17.5 Å². The molecule has 1 amide bonds. The highest BCUT2D eigenvalue weighted by atomic mass is 35.5. The molecule has 0 atom stereocenters. The van der Waals surface area contributed by atoms with Gasteiger partial charge in [0, 0.05) is 18.8 Å². The first-order valence-electron chi connectivity index (χ1n) is 10.5. The van der Waals surface area contributed by atoms with Gasteiger partial charge in [-0.05, 0) is 81.0 Å². The maximum absolute atomic E-state index is 12.9. The molecular formula is C22H25ClF3N3O. The molecule has 0 saturated heterocycles. The topological polar surface area (TPSA) is 46.9 Å². The molecule has 2 aliphatic carbocycles. The number of amides is 1. The summed E-state index contributed by atoms with van der Waals surface area (Å²) in [4.78, 5) is 12.5. The van der Waals surface area contributed by atoms with Gasteiger partial charge in [-0.15, -0.1) is 0 Å². The number of fused-ring (bicyclic) bond motifs is 1. The molecule has 0 bridgehead atoms. The predicted octanol–water partition coefficient (Wildman–Crippen LogP) is 5.42. The lowest BCUT2D eigenvalue weighted by atomic mass is 9.86. The Balaban J connectivity index is 1.31. The maximum atomic E-state index is 12.9. The first kappa shape index (κ1) is 21.2. The Bertz CT molecular complexity index is 893. The fourth-order valence-electron chi connectivity index (χ4n) is 4.52. The van der Waals surface area contributed by atoms with Crippen LogP contribution < -0.4 is 5.32 Å². The van der Waals surface area contributed by atoms with E-state index in [2.05, 4.69) is 16.2 Å². The van der Waals surface area contributed by atoms with Gasteiger partial charge in [0.15, 0.2) is 0 Å². The summed E-state index contributed by atoms with van der Waals surface area (Å²) < 4.78 is 40.9. The molecule has 4 rings (SSSR count). The predicted molar refractivity (Wildman–Crippen MR) is 109 cm³/mol. The Kier molecular flexibility index (Phi) is 6.09. The smallest absolute Gasteiger partial charge is 0.349 e. The van der Waals surface area contributed by atoms with Crippen LogP contribution in [0.1, 0.15) is 65.7 Å². The highest BCUT2D eigenvalue weighted by molar-refractivity contribution is 6.33. The van der Waals surface area contributed by atoms with E-state index in [1.165, 1.54) is 24.1 Å². The van der Waals surface area contributed by atoms with Crippen molar-refractivity contribution in [1.29, 1.82) is 0 Å². The minimum Gasteiger partial charge on any atom is -0.349 e. The molecule has 2 aliphatic rings. The zero-order valence-corrected chi connectivity index (χ0v) is 17.4. The van der Waals surface area contributed by atoms with Gasteiger partial charge in [-0.25, -0.2) is 0 Å². The molecule has 162 valence electrons. The number of halogens is 4. The van der Waals surface area contributed by atoms with E-state index in [1.807, 2.05) is 0 Å². The second-order valence-electron chi connectivity index (χ2n) is 8.41. The number of nitrogens with zero attached hydrogens (tertiary/aromatic N) is 2. The third kappa shape index (κ3) is 4.82. The van der Waals surface area contributed by atoms with E-state index >= 15 is 0 Å². The summed E-state index contributed by atoms with van der Waals surface area (Å²) in [5, 5.41) is 7.62. The Morgan fingerprint density at radius 2 is 1.90 bits per heavy atom. The fourth-order valence-corrected chi connectivity index (χ4v) is 4.72. The SMILES string of the molecule is O=C(N[C@H]1CC[C@H](Cn2cc3c(n2)CCCC3)CC1)c1cc(C(F)(F)F)ccc1Cl. The number of aryl methyl sites for hydroxylation is 2. The van der Waals surface area contributed by atoms with Gasteiger partial charge < -0.3 is 5.32 Å². The first-order chi connectivity index (χ1) is 14.3. The van der Waals surface area contributed by atoms with Crippen molar-refractivity contribution in [3.63, 3.8) is 0 Å². The Morgan fingerprint density at radius 1 is 1.17 bits per heavy atom. The van der Waals surface area contributed by atoms with Crippen LogP contribution in [-0.2, 0) is 25.6 Å². The van der Waals surface area contributed by atoms with Gasteiger partial charge >= 0.3 is 6.18 Å². The van der Waals surface area contributed by atoms with Crippen molar-refractivity contribution in [2.24, 2.45) is 5.92 Å². The van der Waals surface area contributed by atoms with Gasteiger partial charge in [-0.2, -0.15) is 18.3 Å². The molecule has 1 saturated carbocycles. The molecule has 1 aromatic carbocycles. The minimum atomic E-state index is -4.51. The lowest BCUT2D eigenvalue weighted by Crippen LogP contribution is -2.38. The normalized spacial score (nSPS) is 21.9. The molecule has 1 N–H and O–H groups in total. The van der Waals surface area contributed by atoms with Gasteiger partial charge in [-0.1, -0.05) is 11.6 Å². The Hall–Kier alpha value is -2.02. The van der Waals surface area contributed by atoms with Crippen LogP contribution in [0.3, 0.4) is 0 Å². The van der Waals surface area contributed by atoms with Crippen LogP contribution in [0, 0.1) is 5.92 Å². The molecule has 0 spiro atoms. The summed E-state index contributed by atoms with van der Waals surface area (Å²) in [5.41, 5.74) is 1.61. The first-order valence-corrected chi connectivity index (χ1v) is 10.9. The van der Waals surface area contributed by atoms with Gasteiger partial charge in [0.2, 0.25) is 0 Å². The Morgan fingerprint density at radius 3 is 2.60 bits per heavy atom. The molecule has 8 heteroatoms. The van der Waals surface area contributed by atoms with Crippen LogP contribution in [0.25, 0.3) is 0 Å². The number of aromatic nitrogens is 2. The molecule has 1 aromatic heterocycles. The summed E-state index contributed by atoms with van der Waals surface area (Å²) in [6.45, 7) is 0.882. The minimum absolute atomic E-state index is 0.0248. The number of rotatable bonds is 4. The molecule has 30 heavy (non-hydrogen) atoms. The van der Waals surface area contributed by atoms with Gasteiger partial charge in [0.05, 0.1) is 21.8 Å². The zero-order valence-electron chi connectivity index (χ0n) is 16.6. The Labute approximate surface area is 178 Å². The van der Waals surface area contributed by atoms with E-state index in [0.29, 0.717) is 5.92 Å². The highest BCUT2D eigenvalue weighted by Crippen LogP contribution is 2.32. The molecule has 1 fully saturated rings. The van der Waals surface area contributed by atoms with Gasteiger partial charge in [0.1, 0.15) is 0 Å². The monoisotopic (exact) mass is 439 g/mol. The molecule has 1 heterocycles. The van der Waals surface area contributed by atoms with Gasteiger partial charge in [-0.3, -0.25) is 9.48 Å². The molecule has 0 aliphatic heterocycles. The number of benzene rings is 1. The zero-order chi connectivity index (χ0) is 21.3. The number of carbonyl (C=O) groups excluding carboxylic acids is 1. The van der Waals surface area contributed by atoms with E-state index < -0.39 is 17.6 Å². The van der Waals surface area contributed by atoms with Crippen molar-refractivity contribution in [2.45, 2.75) is 70.1 Å². The summed E-state index contributed by atoms with van der Waals surface area (Å²) in [7, 11) is 0. The number of carbonyl (C=O) groups is 1. The van der Waals surface area contributed by atoms with E-state index in [-0.39, 0.29) is 16.6 Å². The standard InChI is InChI=1S/C22H25ClF3N3O/c23-19-10-7-16(22(24,25)26)11-18(19)21(30)27-17-8-5-14(6-9-17)12-29-13-15-3-1-2-4-20(15)28-29/h7,10-11,13-14,17H,1-6,8-9,12H2,(H,27,30)/t14-,17-. The van der Waals surface area contributed by atoms with Crippen LogP contribution in [0.2, 0.25) is 5.02 Å². The molecule has 0 unspecified atom stereocenters. The van der Waals surface area contributed by atoms with E-state index in [0.717, 1.165) is 63.3 Å². The third-order valence-electron chi connectivity index (χ3n) is 6.20. The third-order valence-corrected chi connectivity index (χ3v) is 6.53. The van der Waals surface area contributed by atoms with Crippen molar-refractivity contribution < 1.29 is 18.0 Å². The number of nitrogens with one attached hydrogen (secondary N) is 1. The second-order valence-corrected chi connectivity index (χ2v) is 8.82. The second kappa shape index (κ2) is 8.61. The summed E-state index contributed by atoms with van der Waals surface area (Å²) in [6.07, 6.45) is 5.80. The number of hydrogen-bond acceptors (Lipinski definition) is 2. The fraction of sp³-hybridized carbons (Fsp3) is 0.545. The molecule has 4 nitrogen and oxygen atoms in total. The average Bonchev–Trinajstić information content (AvgIpc) is 3.11. The molecule has 0 radical (unpaired) electrons. The van der Waals surface area contributed by atoms with E-state index in [4.69, 9.17) is 16.7 Å².